The SMILES string of the molecule is Cc1cc(-n2cccn2)ccc1-c1c(-c2ccccc2)ncn1CCF. The Morgan fingerprint density at radius 3 is 2.58 bits per heavy atom. The van der Waals surface area contributed by atoms with Gasteiger partial charge in [0.2, 0.25) is 0 Å². The van der Waals surface area contributed by atoms with Crippen molar-refractivity contribution in [2.75, 3.05) is 6.67 Å². The maximum absolute atomic E-state index is 13.1. The van der Waals surface area contributed by atoms with Crippen LogP contribution in [0.5, 0.6) is 0 Å². The molecule has 0 atom stereocenters. The molecule has 0 unspecified atom stereocenters. The number of rotatable bonds is 5. The molecule has 2 heterocycles. The number of imidazole rings is 1. The summed E-state index contributed by atoms with van der Waals surface area (Å²) < 4.78 is 16.8. The van der Waals surface area contributed by atoms with Crippen molar-refractivity contribution in [3.63, 3.8) is 0 Å². The van der Waals surface area contributed by atoms with Crippen molar-refractivity contribution in [1.82, 2.24) is 19.3 Å². The number of hydrogen-bond acceptors (Lipinski definition) is 2. The minimum absolute atomic E-state index is 0.287. The summed E-state index contributed by atoms with van der Waals surface area (Å²) in [5.74, 6) is 0. The molecule has 0 fully saturated rings. The highest BCUT2D eigenvalue weighted by Gasteiger charge is 2.17. The van der Waals surface area contributed by atoms with E-state index in [9.17, 15) is 4.39 Å². The third-order valence-corrected chi connectivity index (χ3v) is 4.44. The summed E-state index contributed by atoms with van der Waals surface area (Å²) in [6.07, 6.45) is 5.39. The molecule has 0 bridgehead atoms. The number of aromatic nitrogens is 4. The van der Waals surface area contributed by atoms with Gasteiger partial charge in [0.1, 0.15) is 6.67 Å². The van der Waals surface area contributed by atoms with E-state index in [0.717, 1.165) is 33.8 Å². The standard InChI is InChI=1S/C21H19FN4/c1-16-14-18(26-12-5-11-24-26)8-9-19(16)21-20(17-6-3-2-4-7-17)23-15-25(21)13-10-22/h2-9,11-12,14-15H,10,13H2,1H3. The topological polar surface area (TPSA) is 35.6 Å². The molecule has 2 aromatic carbocycles. The number of nitrogens with zero attached hydrogens (tertiary/aromatic N) is 4. The Balaban J connectivity index is 1.85. The Hall–Kier alpha value is -3.21. The Morgan fingerprint density at radius 2 is 1.88 bits per heavy atom. The first kappa shape index (κ1) is 16.3. The molecule has 4 rings (SSSR count). The van der Waals surface area contributed by atoms with E-state index in [1.807, 2.05) is 57.9 Å². The van der Waals surface area contributed by atoms with Crippen LogP contribution in [-0.2, 0) is 6.54 Å². The van der Waals surface area contributed by atoms with Crippen LogP contribution < -0.4 is 0 Å². The highest BCUT2D eigenvalue weighted by Crippen LogP contribution is 2.34. The van der Waals surface area contributed by atoms with E-state index in [2.05, 4.69) is 29.1 Å². The van der Waals surface area contributed by atoms with Crippen molar-refractivity contribution in [1.29, 1.82) is 0 Å². The lowest BCUT2D eigenvalue weighted by Crippen LogP contribution is -2.03. The van der Waals surface area contributed by atoms with Crippen LogP contribution in [0.15, 0.2) is 73.3 Å². The van der Waals surface area contributed by atoms with Gasteiger partial charge in [0.05, 0.1) is 29.9 Å². The summed E-state index contributed by atoms with van der Waals surface area (Å²) >= 11 is 0. The van der Waals surface area contributed by atoms with Crippen LogP contribution in [0.3, 0.4) is 0 Å². The lowest BCUT2D eigenvalue weighted by atomic mass is 10.00. The summed E-state index contributed by atoms with van der Waals surface area (Å²) in [5, 5.41) is 4.28. The molecule has 0 aliphatic carbocycles. The quantitative estimate of drug-likeness (QED) is 0.526. The number of alkyl halides is 1. The predicted molar refractivity (Wildman–Crippen MR) is 101 cm³/mol. The lowest BCUT2D eigenvalue weighted by Gasteiger charge is -2.13. The van der Waals surface area contributed by atoms with Gasteiger partial charge in [-0.3, -0.25) is 0 Å². The van der Waals surface area contributed by atoms with E-state index in [-0.39, 0.29) is 6.54 Å². The van der Waals surface area contributed by atoms with Crippen LogP contribution >= 0.6 is 0 Å². The van der Waals surface area contributed by atoms with E-state index in [4.69, 9.17) is 0 Å². The van der Waals surface area contributed by atoms with Crippen molar-refractivity contribution < 1.29 is 4.39 Å². The van der Waals surface area contributed by atoms with Gasteiger partial charge in [0, 0.05) is 23.5 Å². The van der Waals surface area contributed by atoms with Crippen molar-refractivity contribution in [2.24, 2.45) is 0 Å². The molecular formula is C21H19FN4. The Bertz CT molecular complexity index is 1000. The first-order valence-electron chi connectivity index (χ1n) is 8.55. The fraction of sp³-hybridized carbons (Fsp3) is 0.143. The van der Waals surface area contributed by atoms with Gasteiger partial charge in [-0.2, -0.15) is 5.10 Å². The largest absolute Gasteiger partial charge is 0.327 e. The van der Waals surface area contributed by atoms with E-state index in [0.29, 0.717) is 0 Å². The molecule has 0 spiro atoms. The van der Waals surface area contributed by atoms with Crippen molar-refractivity contribution >= 4 is 0 Å². The van der Waals surface area contributed by atoms with Gasteiger partial charge in [0.15, 0.2) is 0 Å². The van der Waals surface area contributed by atoms with Crippen molar-refractivity contribution in [2.45, 2.75) is 13.5 Å². The highest BCUT2D eigenvalue weighted by atomic mass is 19.1. The Morgan fingerprint density at radius 1 is 1.04 bits per heavy atom. The molecule has 0 amide bonds. The second-order valence-corrected chi connectivity index (χ2v) is 6.14. The van der Waals surface area contributed by atoms with E-state index >= 15 is 0 Å². The highest BCUT2D eigenvalue weighted by molar-refractivity contribution is 5.80. The minimum Gasteiger partial charge on any atom is -0.327 e. The molecule has 5 heteroatoms. The van der Waals surface area contributed by atoms with Crippen LogP contribution in [0.25, 0.3) is 28.2 Å². The van der Waals surface area contributed by atoms with Gasteiger partial charge in [-0.15, -0.1) is 0 Å². The van der Waals surface area contributed by atoms with Gasteiger partial charge in [-0.1, -0.05) is 36.4 Å². The maximum atomic E-state index is 13.1. The fourth-order valence-electron chi connectivity index (χ4n) is 3.21. The number of halogens is 1. The monoisotopic (exact) mass is 346 g/mol. The van der Waals surface area contributed by atoms with Crippen LogP contribution in [-0.4, -0.2) is 26.0 Å². The third kappa shape index (κ3) is 2.92. The molecule has 0 saturated carbocycles. The van der Waals surface area contributed by atoms with E-state index in [1.54, 1.807) is 12.5 Å². The third-order valence-electron chi connectivity index (χ3n) is 4.44. The number of benzene rings is 2. The molecule has 4 aromatic rings. The van der Waals surface area contributed by atoms with Gasteiger partial charge in [-0.05, 0) is 30.7 Å². The first-order valence-corrected chi connectivity index (χ1v) is 8.55. The van der Waals surface area contributed by atoms with Crippen molar-refractivity contribution in [3.05, 3.63) is 78.9 Å². The second-order valence-electron chi connectivity index (χ2n) is 6.14. The Kier molecular flexibility index (Phi) is 4.35. The van der Waals surface area contributed by atoms with E-state index in [1.165, 1.54) is 0 Å². The van der Waals surface area contributed by atoms with Crippen LogP contribution in [0.1, 0.15) is 5.56 Å². The molecule has 0 aliphatic rings. The molecule has 26 heavy (non-hydrogen) atoms. The van der Waals surface area contributed by atoms with Gasteiger partial charge >= 0.3 is 0 Å². The summed E-state index contributed by atoms with van der Waals surface area (Å²) in [6.45, 7) is 1.92. The maximum Gasteiger partial charge on any atom is 0.107 e. The van der Waals surface area contributed by atoms with E-state index < -0.39 is 6.67 Å². The number of hydrogen-bond donors (Lipinski definition) is 0. The van der Waals surface area contributed by atoms with Gasteiger partial charge < -0.3 is 4.57 Å². The molecule has 0 saturated heterocycles. The zero-order valence-corrected chi connectivity index (χ0v) is 14.5. The molecule has 0 aliphatic heterocycles. The second kappa shape index (κ2) is 6.96. The molecule has 130 valence electrons. The normalized spacial score (nSPS) is 11.0. The molecule has 0 radical (unpaired) electrons. The summed E-state index contributed by atoms with van der Waals surface area (Å²) in [7, 11) is 0. The zero-order chi connectivity index (χ0) is 17.9. The summed E-state index contributed by atoms with van der Waals surface area (Å²) in [6, 6.07) is 18.1. The van der Waals surface area contributed by atoms with Gasteiger partial charge in [0.25, 0.3) is 0 Å². The predicted octanol–water partition coefficient (Wildman–Crippen LogP) is 4.68. The average molecular weight is 346 g/mol. The fourth-order valence-corrected chi connectivity index (χ4v) is 3.21. The molecule has 0 N–H and O–H groups in total. The lowest BCUT2D eigenvalue weighted by molar-refractivity contribution is 0.447. The zero-order valence-electron chi connectivity index (χ0n) is 14.5. The minimum atomic E-state index is -0.429. The average Bonchev–Trinajstić information content (AvgIpc) is 3.33. The van der Waals surface area contributed by atoms with Crippen molar-refractivity contribution in [3.8, 4) is 28.2 Å². The smallest absolute Gasteiger partial charge is 0.107 e. The Labute approximate surface area is 151 Å². The van der Waals surface area contributed by atoms with Gasteiger partial charge in [-0.25, -0.2) is 14.1 Å². The van der Waals surface area contributed by atoms with Crippen LogP contribution in [0.2, 0.25) is 0 Å². The van der Waals surface area contributed by atoms with Crippen LogP contribution in [0.4, 0.5) is 4.39 Å². The summed E-state index contributed by atoms with van der Waals surface area (Å²) in [4.78, 5) is 4.57. The molecular weight excluding hydrogens is 327 g/mol. The first-order chi connectivity index (χ1) is 12.8. The molecule has 4 nitrogen and oxygen atoms in total. The summed E-state index contributed by atoms with van der Waals surface area (Å²) in [5.41, 5.74) is 5.97. The van der Waals surface area contributed by atoms with Crippen LogP contribution in [0, 0.1) is 6.92 Å². The number of aryl methyl sites for hydroxylation is 2. The molecule has 2 aromatic heterocycles.